The van der Waals surface area contributed by atoms with Crippen LogP contribution in [0.15, 0.2) is 30.3 Å². The Bertz CT molecular complexity index is 405. The summed E-state index contributed by atoms with van der Waals surface area (Å²) in [5.74, 6) is 0. The van der Waals surface area contributed by atoms with Gasteiger partial charge >= 0.3 is 0 Å². The molecule has 2 aliphatic rings. The molecule has 0 aliphatic carbocycles. The molecule has 0 radical (unpaired) electrons. The molecule has 4 nitrogen and oxygen atoms in total. The summed E-state index contributed by atoms with van der Waals surface area (Å²) >= 11 is 0. The second-order valence-corrected chi connectivity index (χ2v) is 5.75. The van der Waals surface area contributed by atoms with Crippen molar-refractivity contribution in [2.45, 2.75) is 19.2 Å². The van der Waals surface area contributed by atoms with Gasteiger partial charge in [-0.1, -0.05) is 30.3 Å². The normalized spacial score (nSPS) is 27.4. The number of hydrogen-bond donors (Lipinski definition) is 1. The fraction of sp³-hybridized carbons (Fsp3) is 0.625. The predicted octanol–water partition coefficient (Wildman–Crippen LogP) is 1.31. The average Bonchev–Trinajstić information content (AvgIpc) is 2.50. The van der Waals surface area contributed by atoms with E-state index in [0.717, 1.165) is 45.9 Å². The van der Waals surface area contributed by atoms with Crippen LogP contribution in [-0.4, -0.2) is 61.8 Å². The number of morpholine rings is 1. The van der Waals surface area contributed by atoms with Crippen LogP contribution < -0.4 is 5.32 Å². The first-order chi connectivity index (χ1) is 9.84. The van der Waals surface area contributed by atoms with Crippen molar-refractivity contribution in [3.63, 3.8) is 0 Å². The molecular weight excluding hydrogens is 250 g/mol. The Morgan fingerprint density at radius 3 is 2.55 bits per heavy atom. The average molecular weight is 275 g/mol. The molecule has 110 valence electrons. The van der Waals surface area contributed by atoms with Crippen molar-refractivity contribution in [2.24, 2.45) is 0 Å². The molecule has 2 unspecified atom stereocenters. The lowest BCUT2D eigenvalue weighted by atomic mass is 10.1. The van der Waals surface area contributed by atoms with Gasteiger partial charge in [-0.2, -0.15) is 0 Å². The molecule has 1 aromatic rings. The lowest BCUT2D eigenvalue weighted by Crippen LogP contribution is -2.53. The monoisotopic (exact) mass is 275 g/mol. The van der Waals surface area contributed by atoms with Gasteiger partial charge in [0.05, 0.1) is 18.9 Å². The van der Waals surface area contributed by atoms with E-state index in [1.807, 2.05) is 0 Å². The Morgan fingerprint density at radius 1 is 1.10 bits per heavy atom. The summed E-state index contributed by atoms with van der Waals surface area (Å²) in [7, 11) is 0. The lowest BCUT2D eigenvalue weighted by Gasteiger charge is -2.44. The second-order valence-electron chi connectivity index (χ2n) is 5.75. The molecule has 0 bridgehead atoms. The fourth-order valence-electron chi connectivity index (χ4n) is 3.27. The van der Waals surface area contributed by atoms with Gasteiger partial charge in [0.2, 0.25) is 0 Å². The molecule has 2 aliphatic heterocycles. The number of ether oxygens (including phenoxy) is 1. The van der Waals surface area contributed by atoms with Crippen molar-refractivity contribution in [1.29, 1.82) is 0 Å². The maximum Gasteiger partial charge on any atom is 0.0888 e. The fourth-order valence-corrected chi connectivity index (χ4v) is 3.27. The minimum atomic E-state index is 0.331. The molecule has 1 N–H and O–H groups in total. The van der Waals surface area contributed by atoms with E-state index in [1.54, 1.807) is 0 Å². The number of benzene rings is 1. The highest BCUT2D eigenvalue weighted by atomic mass is 16.5. The smallest absolute Gasteiger partial charge is 0.0888 e. The van der Waals surface area contributed by atoms with E-state index in [-0.39, 0.29) is 0 Å². The van der Waals surface area contributed by atoms with E-state index in [2.05, 4.69) is 52.4 Å². The molecule has 0 spiro atoms. The Hall–Kier alpha value is -0.940. The summed E-state index contributed by atoms with van der Waals surface area (Å²) in [5.41, 5.74) is 1.41. The Morgan fingerprint density at radius 2 is 1.85 bits per heavy atom. The summed E-state index contributed by atoms with van der Waals surface area (Å²) in [6, 6.07) is 10.9. The van der Waals surface area contributed by atoms with Crippen LogP contribution in [0.4, 0.5) is 0 Å². The third-order valence-corrected chi connectivity index (χ3v) is 4.21. The standard InChI is InChI=1S/C16H25N3O/c1-14-13-19(11-12-20-14)16(15-5-3-2-4-6-15)18-9-7-17-8-10-18/h2-6,14,16-17H,7-13H2,1H3. The molecule has 20 heavy (non-hydrogen) atoms. The maximum atomic E-state index is 5.71. The SMILES string of the molecule is CC1CN(C(c2ccccc2)N2CCNCC2)CCO1. The van der Waals surface area contributed by atoms with Gasteiger partial charge in [0.15, 0.2) is 0 Å². The van der Waals surface area contributed by atoms with Crippen LogP contribution in [0.1, 0.15) is 18.7 Å². The highest BCUT2D eigenvalue weighted by molar-refractivity contribution is 5.19. The van der Waals surface area contributed by atoms with Crippen molar-refractivity contribution < 1.29 is 4.74 Å². The molecule has 3 rings (SSSR count). The summed E-state index contributed by atoms with van der Waals surface area (Å²) in [4.78, 5) is 5.18. The van der Waals surface area contributed by atoms with Gasteiger partial charge in [-0.15, -0.1) is 0 Å². The third-order valence-electron chi connectivity index (χ3n) is 4.21. The Balaban J connectivity index is 1.82. The number of nitrogens with one attached hydrogen (secondary N) is 1. The topological polar surface area (TPSA) is 27.7 Å². The second kappa shape index (κ2) is 6.68. The van der Waals surface area contributed by atoms with Crippen LogP contribution in [0, 0.1) is 0 Å². The van der Waals surface area contributed by atoms with E-state index in [4.69, 9.17) is 4.74 Å². The highest BCUT2D eigenvalue weighted by Gasteiger charge is 2.30. The van der Waals surface area contributed by atoms with E-state index >= 15 is 0 Å². The molecule has 2 heterocycles. The van der Waals surface area contributed by atoms with Crippen molar-refractivity contribution in [3.8, 4) is 0 Å². The quantitative estimate of drug-likeness (QED) is 0.900. The van der Waals surface area contributed by atoms with Gasteiger partial charge in [0, 0.05) is 39.3 Å². The number of piperazine rings is 1. The largest absolute Gasteiger partial charge is 0.376 e. The minimum absolute atomic E-state index is 0.331. The summed E-state index contributed by atoms with van der Waals surface area (Å²) in [5, 5.41) is 3.45. The number of rotatable bonds is 3. The van der Waals surface area contributed by atoms with Crippen molar-refractivity contribution in [2.75, 3.05) is 45.9 Å². The molecule has 4 heteroatoms. The summed E-state index contributed by atoms with van der Waals surface area (Å²) in [6.07, 6.45) is 0.725. The van der Waals surface area contributed by atoms with Crippen LogP contribution in [0.5, 0.6) is 0 Å². The Kier molecular flexibility index (Phi) is 4.68. The van der Waals surface area contributed by atoms with E-state index < -0.39 is 0 Å². The minimum Gasteiger partial charge on any atom is -0.376 e. The van der Waals surface area contributed by atoms with E-state index in [1.165, 1.54) is 5.56 Å². The highest BCUT2D eigenvalue weighted by Crippen LogP contribution is 2.27. The Labute approximate surface area is 121 Å². The lowest BCUT2D eigenvalue weighted by molar-refractivity contribution is -0.0716. The van der Waals surface area contributed by atoms with E-state index in [9.17, 15) is 0 Å². The van der Waals surface area contributed by atoms with Crippen molar-refractivity contribution >= 4 is 0 Å². The predicted molar refractivity (Wildman–Crippen MR) is 80.6 cm³/mol. The zero-order chi connectivity index (χ0) is 13.8. The van der Waals surface area contributed by atoms with Crippen molar-refractivity contribution in [1.82, 2.24) is 15.1 Å². The molecule has 1 aromatic carbocycles. The van der Waals surface area contributed by atoms with Gasteiger partial charge in [-0.05, 0) is 12.5 Å². The summed E-state index contributed by atoms with van der Waals surface area (Å²) in [6.45, 7) is 9.46. The molecule has 0 saturated carbocycles. The van der Waals surface area contributed by atoms with Gasteiger partial charge < -0.3 is 10.1 Å². The molecule has 0 aromatic heterocycles. The van der Waals surface area contributed by atoms with Crippen LogP contribution >= 0.6 is 0 Å². The van der Waals surface area contributed by atoms with E-state index in [0.29, 0.717) is 12.3 Å². The first-order valence-corrected chi connectivity index (χ1v) is 7.70. The molecule has 0 amide bonds. The zero-order valence-electron chi connectivity index (χ0n) is 12.3. The molecular formula is C16H25N3O. The number of nitrogens with zero attached hydrogens (tertiary/aromatic N) is 2. The van der Waals surface area contributed by atoms with Gasteiger partial charge in [0.1, 0.15) is 0 Å². The summed E-state index contributed by atoms with van der Waals surface area (Å²) < 4.78 is 5.71. The molecule has 2 fully saturated rings. The molecule has 2 atom stereocenters. The zero-order valence-corrected chi connectivity index (χ0v) is 12.3. The van der Waals surface area contributed by atoms with Crippen LogP contribution in [-0.2, 0) is 4.74 Å². The van der Waals surface area contributed by atoms with Gasteiger partial charge in [-0.25, -0.2) is 0 Å². The molecule has 2 saturated heterocycles. The first-order valence-electron chi connectivity index (χ1n) is 7.70. The van der Waals surface area contributed by atoms with Crippen molar-refractivity contribution in [3.05, 3.63) is 35.9 Å². The first kappa shape index (κ1) is 14.0. The van der Waals surface area contributed by atoms with Gasteiger partial charge in [-0.3, -0.25) is 9.80 Å². The third kappa shape index (κ3) is 3.20. The number of hydrogen-bond acceptors (Lipinski definition) is 4. The van der Waals surface area contributed by atoms with Gasteiger partial charge in [0.25, 0.3) is 0 Å². The maximum absolute atomic E-state index is 5.71. The van der Waals surface area contributed by atoms with Crippen LogP contribution in [0.3, 0.4) is 0 Å². The van der Waals surface area contributed by atoms with Crippen LogP contribution in [0.25, 0.3) is 0 Å². The van der Waals surface area contributed by atoms with Crippen LogP contribution in [0.2, 0.25) is 0 Å².